The molecular weight excluding hydrogens is 318 g/mol. The van der Waals surface area contributed by atoms with E-state index in [-0.39, 0.29) is 0 Å². The quantitative estimate of drug-likeness (QED) is 0.903. The average Bonchev–Trinajstić information content (AvgIpc) is 2.28. The maximum Gasteiger partial charge on any atom is 0.156 e. The first kappa shape index (κ1) is 14.0. The van der Waals surface area contributed by atoms with Gasteiger partial charge in [0, 0.05) is 17.7 Å². The zero-order chi connectivity index (χ0) is 13.1. The molecular formula is C13H17BrClNO2. The van der Waals surface area contributed by atoms with E-state index in [0.29, 0.717) is 17.2 Å². The first-order valence-corrected chi connectivity index (χ1v) is 7.18. The fourth-order valence-corrected chi connectivity index (χ4v) is 3.20. The molecule has 2 atom stereocenters. The molecule has 1 saturated heterocycles. The highest BCUT2D eigenvalue weighted by Gasteiger charge is 2.21. The Bertz CT molecular complexity index is 428. The predicted molar refractivity (Wildman–Crippen MR) is 77.8 cm³/mol. The van der Waals surface area contributed by atoms with Crippen molar-refractivity contribution in [3.05, 3.63) is 21.6 Å². The minimum Gasteiger partial charge on any atom is -0.493 e. The van der Waals surface area contributed by atoms with Gasteiger partial charge in [0.25, 0.3) is 0 Å². The van der Waals surface area contributed by atoms with Crippen LogP contribution < -0.4 is 10.1 Å². The van der Waals surface area contributed by atoms with Crippen molar-refractivity contribution < 1.29 is 9.47 Å². The van der Waals surface area contributed by atoms with Gasteiger partial charge in [0.2, 0.25) is 0 Å². The van der Waals surface area contributed by atoms with Gasteiger partial charge in [-0.3, -0.25) is 0 Å². The van der Waals surface area contributed by atoms with Gasteiger partial charge in [0.15, 0.2) is 5.75 Å². The lowest BCUT2D eigenvalue weighted by atomic mass is 10.0. The van der Waals surface area contributed by atoms with E-state index < -0.39 is 0 Å². The van der Waals surface area contributed by atoms with Crippen molar-refractivity contribution >= 4 is 33.2 Å². The minimum atomic E-state index is 0.296. The second kappa shape index (κ2) is 6.13. The Morgan fingerprint density at radius 2 is 2.28 bits per heavy atom. The number of ether oxygens (including phenoxy) is 2. The Kier molecular flexibility index (Phi) is 4.76. The summed E-state index contributed by atoms with van der Waals surface area (Å²) in [5.41, 5.74) is 0.927. The van der Waals surface area contributed by atoms with Crippen molar-refractivity contribution in [3.8, 4) is 5.75 Å². The van der Waals surface area contributed by atoms with Crippen LogP contribution in [0.5, 0.6) is 5.75 Å². The molecule has 1 aromatic rings. The first-order chi connectivity index (χ1) is 8.60. The molecule has 1 N–H and O–H groups in total. The summed E-state index contributed by atoms with van der Waals surface area (Å²) in [7, 11) is 1.66. The number of hydrogen-bond donors (Lipinski definition) is 1. The lowest BCUT2D eigenvalue weighted by molar-refractivity contribution is 0.0232. The van der Waals surface area contributed by atoms with Gasteiger partial charge in [-0.25, -0.2) is 0 Å². The van der Waals surface area contributed by atoms with Crippen LogP contribution in [0.4, 0.5) is 5.69 Å². The minimum absolute atomic E-state index is 0.296. The SMILES string of the molecule is COc1c(Br)cc(Cl)cc1NC1CCOC(C)C1. The maximum atomic E-state index is 6.08. The number of hydrogen-bond acceptors (Lipinski definition) is 3. The Morgan fingerprint density at radius 1 is 1.50 bits per heavy atom. The number of anilines is 1. The normalized spacial score (nSPS) is 23.8. The molecule has 0 aromatic heterocycles. The number of rotatable bonds is 3. The van der Waals surface area contributed by atoms with E-state index in [0.717, 1.165) is 35.4 Å². The summed E-state index contributed by atoms with van der Waals surface area (Å²) in [5, 5.41) is 4.18. The molecule has 0 radical (unpaired) electrons. The smallest absolute Gasteiger partial charge is 0.156 e. The summed E-state index contributed by atoms with van der Waals surface area (Å²) in [5.74, 6) is 0.790. The van der Waals surface area contributed by atoms with Crippen LogP contribution >= 0.6 is 27.5 Å². The van der Waals surface area contributed by atoms with E-state index in [1.54, 1.807) is 7.11 Å². The van der Waals surface area contributed by atoms with Crippen LogP contribution in [-0.2, 0) is 4.74 Å². The third-order valence-electron chi connectivity index (χ3n) is 3.06. The fraction of sp³-hybridized carbons (Fsp3) is 0.538. The van der Waals surface area contributed by atoms with Crippen molar-refractivity contribution in [1.82, 2.24) is 0 Å². The molecule has 2 unspecified atom stereocenters. The molecule has 0 bridgehead atoms. The molecule has 0 spiro atoms. The topological polar surface area (TPSA) is 30.5 Å². The molecule has 1 heterocycles. The lowest BCUT2D eigenvalue weighted by Gasteiger charge is -2.29. The molecule has 1 aromatic carbocycles. The molecule has 3 nitrogen and oxygen atoms in total. The van der Waals surface area contributed by atoms with Gasteiger partial charge in [0.1, 0.15) is 0 Å². The van der Waals surface area contributed by atoms with Gasteiger partial charge >= 0.3 is 0 Å². The summed E-state index contributed by atoms with van der Waals surface area (Å²) in [6.07, 6.45) is 2.29. The lowest BCUT2D eigenvalue weighted by Crippen LogP contribution is -2.32. The van der Waals surface area contributed by atoms with Crippen LogP contribution in [0.2, 0.25) is 5.02 Å². The highest BCUT2D eigenvalue weighted by atomic mass is 79.9. The summed E-state index contributed by atoms with van der Waals surface area (Å²) >= 11 is 9.54. The maximum absolute atomic E-state index is 6.08. The highest BCUT2D eigenvalue weighted by molar-refractivity contribution is 9.10. The van der Waals surface area contributed by atoms with Crippen molar-refractivity contribution in [2.75, 3.05) is 19.0 Å². The molecule has 0 aliphatic carbocycles. The molecule has 1 aliphatic heterocycles. The van der Waals surface area contributed by atoms with Gasteiger partial charge in [-0.1, -0.05) is 11.6 Å². The van der Waals surface area contributed by atoms with Crippen LogP contribution in [0.3, 0.4) is 0 Å². The number of benzene rings is 1. The zero-order valence-corrected chi connectivity index (χ0v) is 12.8. The van der Waals surface area contributed by atoms with Gasteiger partial charge in [-0.2, -0.15) is 0 Å². The standard InChI is InChI=1S/C13H17BrClNO2/c1-8-5-10(3-4-18-8)16-12-7-9(15)6-11(14)13(12)17-2/h6-8,10,16H,3-5H2,1-2H3. The molecule has 1 fully saturated rings. The molecule has 5 heteroatoms. The number of methoxy groups -OCH3 is 1. The molecule has 18 heavy (non-hydrogen) atoms. The van der Waals surface area contributed by atoms with E-state index in [1.807, 2.05) is 12.1 Å². The van der Waals surface area contributed by atoms with Crippen LogP contribution in [0.1, 0.15) is 19.8 Å². The Morgan fingerprint density at radius 3 is 2.94 bits per heavy atom. The zero-order valence-electron chi connectivity index (χ0n) is 10.5. The second-order valence-corrected chi connectivity index (χ2v) is 5.81. The van der Waals surface area contributed by atoms with Crippen molar-refractivity contribution in [2.45, 2.75) is 31.9 Å². The van der Waals surface area contributed by atoms with E-state index >= 15 is 0 Å². The third-order valence-corrected chi connectivity index (χ3v) is 3.86. The van der Waals surface area contributed by atoms with Crippen LogP contribution in [0.15, 0.2) is 16.6 Å². The molecule has 100 valence electrons. The predicted octanol–water partition coefficient (Wildman–Crippen LogP) is 4.09. The fourth-order valence-electron chi connectivity index (χ4n) is 2.22. The van der Waals surface area contributed by atoms with Gasteiger partial charge in [0.05, 0.1) is 23.4 Å². The van der Waals surface area contributed by atoms with Gasteiger partial charge < -0.3 is 14.8 Å². The van der Waals surface area contributed by atoms with E-state index in [1.165, 1.54) is 0 Å². The van der Waals surface area contributed by atoms with Gasteiger partial charge in [-0.05, 0) is 47.8 Å². The molecule has 0 saturated carbocycles. The van der Waals surface area contributed by atoms with E-state index in [4.69, 9.17) is 21.1 Å². The molecule has 1 aliphatic rings. The third kappa shape index (κ3) is 3.31. The van der Waals surface area contributed by atoms with Crippen molar-refractivity contribution in [2.24, 2.45) is 0 Å². The highest BCUT2D eigenvalue weighted by Crippen LogP contribution is 2.37. The monoisotopic (exact) mass is 333 g/mol. The average molecular weight is 335 g/mol. The van der Waals surface area contributed by atoms with Crippen molar-refractivity contribution in [1.29, 1.82) is 0 Å². The van der Waals surface area contributed by atoms with E-state index in [9.17, 15) is 0 Å². The summed E-state index contributed by atoms with van der Waals surface area (Å²) in [6, 6.07) is 4.12. The van der Waals surface area contributed by atoms with Crippen LogP contribution in [-0.4, -0.2) is 25.9 Å². The van der Waals surface area contributed by atoms with E-state index in [2.05, 4.69) is 28.2 Å². The second-order valence-electron chi connectivity index (χ2n) is 4.52. The first-order valence-electron chi connectivity index (χ1n) is 6.01. The Hall–Kier alpha value is -0.450. The number of halogens is 2. The molecule has 2 rings (SSSR count). The summed E-state index contributed by atoms with van der Waals surface area (Å²) < 4.78 is 11.8. The summed E-state index contributed by atoms with van der Waals surface area (Å²) in [4.78, 5) is 0. The van der Waals surface area contributed by atoms with Crippen LogP contribution in [0, 0.1) is 0 Å². The Labute approximate surface area is 121 Å². The summed E-state index contributed by atoms with van der Waals surface area (Å²) in [6.45, 7) is 2.89. The Balaban J connectivity index is 2.17. The molecule has 0 amide bonds. The largest absolute Gasteiger partial charge is 0.493 e. The van der Waals surface area contributed by atoms with Crippen LogP contribution in [0.25, 0.3) is 0 Å². The van der Waals surface area contributed by atoms with Gasteiger partial charge in [-0.15, -0.1) is 0 Å². The number of nitrogens with one attached hydrogen (secondary N) is 1. The van der Waals surface area contributed by atoms with Crippen molar-refractivity contribution in [3.63, 3.8) is 0 Å².